The first-order chi connectivity index (χ1) is 4.02. The van der Waals surface area contributed by atoms with Crippen molar-refractivity contribution in [2.24, 2.45) is 0 Å². The molecule has 44 valence electrons. The van der Waals surface area contributed by atoms with Gasteiger partial charge < -0.3 is 14.6 Å². The van der Waals surface area contributed by atoms with E-state index in [1.165, 1.54) is 14.2 Å². The van der Waals surface area contributed by atoms with Gasteiger partial charge in [-0.25, -0.2) is 0 Å². The summed E-state index contributed by atoms with van der Waals surface area (Å²) < 4.78 is 22.2. The van der Waals surface area contributed by atoms with Gasteiger partial charge in [0, 0.05) is 14.2 Å². The van der Waals surface area contributed by atoms with Gasteiger partial charge in [-0.05, 0) is 0 Å². The van der Waals surface area contributed by atoms with E-state index in [1.807, 2.05) is 0 Å². The molecule has 0 unspecified atom stereocenters. The van der Waals surface area contributed by atoms with Crippen LogP contribution in [0.2, 0.25) is 0 Å². The normalized spacial score (nSPS) is 16.6. The van der Waals surface area contributed by atoms with E-state index in [0.29, 0.717) is 0 Å². The fourth-order valence-corrected chi connectivity index (χ4v) is 0.202. The molecule has 0 saturated heterocycles. The monoisotopic (exact) mass is 108 g/mol. The molecule has 0 spiro atoms. The maximum atomic E-state index is 8.56. The van der Waals surface area contributed by atoms with E-state index in [0.717, 1.165) is 0 Å². The van der Waals surface area contributed by atoms with Gasteiger partial charge in [-0.2, -0.15) is 0 Å². The Labute approximate surface area is 45.7 Å². The Morgan fingerprint density at radius 1 is 1.71 bits per heavy atom. The minimum Gasteiger partial charge on any atom is -0.391 e. The predicted molar refractivity (Wildman–Crippen MR) is 24.9 cm³/mol. The second-order valence-electron chi connectivity index (χ2n) is 0.932. The molecule has 0 radical (unpaired) electrons. The Kier molecular flexibility index (Phi) is 2.22. The smallest absolute Gasteiger partial charge is 0.179 e. The molecule has 0 heterocycles. The summed E-state index contributed by atoms with van der Waals surface area (Å²) in [5.41, 5.74) is 0. The first-order valence-electron chi connectivity index (χ1n) is 2.80. The average Bonchev–Trinajstić information content (AvgIpc) is 1.65. The number of ether oxygens (including phenoxy) is 2. The third-order valence-electron chi connectivity index (χ3n) is 0.534. The lowest BCUT2D eigenvalue weighted by molar-refractivity contribution is -0.127. The zero-order valence-electron chi connectivity index (χ0n) is 6.34. The molecule has 0 aromatic rings. The van der Waals surface area contributed by atoms with Gasteiger partial charge in [-0.3, -0.25) is 0 Å². The summed E-state index contributed by atoms with van der Waals surface area (Å²) in [6.07, 6.45) is -1.21. The van der Waals surface area contributed by atoms with Crippen LogP contribution in [0.4, 0.5) is 0 Å². The molecule has 0 rings (SSSR count). The van der Waals surface area contributed by atoms with Crippen LogP contribution in [0.1, 0.15) is 2.74 Å². The van der Waals surface area contributed by atoms with Crippen LogP contribution in [0, 0.1) is 0 Å². The van der Waals surface area contributed by atoms with Crippen molar-refractivity contribution < 1.29 is 17.3 Å². The van der Waals surface area contributed by atoms with E-state index >= 15 is 0 Å². The summed E-state index contributed by atoms with van der Waals surface area (Å²) in [4.78, 5) is 0. The lowest BCUT2D eigenvalue weighted by Crippen LogP contribution is -2.16. The van der Waals surface area contributed by atoms with E-state index in [2.05, 4.69) is 9.47 Å². The lowest BCUT2D eigenvalue weighted by Gasteiger charge is -2.07. The molecule has 1 N–H and O–H groups in total. The molecule has 0 aromatic carbocycles. The van der Waals surface area contributed by atoms with E-state index in [9.17, 15) is 0 Å². The molecule has 7 heavy (non-hydrogen) atoms. The first kappa shape index (κ1) is 3.83. The van der Waals surface area contributed by atoms with Crippen molar-refractivity contribution in [1.82, 2.24) is 0 Å². The van der Waals surface area contributed by atoms with Gasteiger partial charge in [0.25, 0.3) is 0 Å². The van der Waals surface area contributed by atoms with Gasteiger partial charge in [0.1, 0.15) is 0 Å². The third kappa shape index (κ3) is 2.56. The Bertz CT molecular complexity index is 76.4. The molecule has 0 amide bonds. The molecule has 3 nitrogen and oxygen atoms in total. The quantitative estimate of drug-likeness (QED) is 0.500. The largest absolute Gasteiger partial charge is 0.391 e. The van der Waals surface area contributed by atoms with Crippen LogP contribution < -0.4 is 0 Å². The maximum Gasteiger partial charge on any atom is 0.179 e. The number of rotatable bonds is 3. The highest BCUT2D eigenvalue weighted by Gasteiger charge is 1.98. The molecular formula is C4H10O3. The maximum absolute atomic E-state index is 8.56. The Morgan fingerprint density at radius 2 is 2.14 bits per heavy atom. The molecule has 0 bridgehead atoms. The summed E-state index contributed by atoms with van der Waals surface area (Å²) in [6.45, 7) is -2.43. The van der Waals surface area contributed by atoms with Gasteiger partial charge in [-0.15, -0.1) is 0 Å². The van der Waals surface area contributed by atoms with Crippen LogP contribution in [0.15, 0.2) is 0 Å². The van der Waals surface area contributed by atoms with Crippen LogP contribution in [0.5, 0.6) is 0 Å². The molecular weight excluding hydrogens is 96.0 g/mol. The SMILES string of the molecule is [2H]C([2H])(O)C(OC)OC. The Balaban J connectivity index is 3.79. The van der Waals surface area contributed by atoms with Crippen molar-refractivity contribution in [1.29, 1.82) is 0 Å². The van der Waals surface area contributed by atoms with E-state index in [4.69, 9.17) is 7.85 Å². The molecule has 0 aliphatic rings. The summed E-state index contributed by atoms with van der Waals surface area (Å²) in [6, 6.07) is 0. The van der Waals surface area contributed by atoms with Gasteiger partial charge in [0.05, 0.1) is 9.30 Å². The molecule has 0 aliphatic carbocycles. The number of hydrogen-bond acceptors (Lipinski definition) is 3. The highest BCUT2D eigenvalue weighted by atomic mass is 16.7. The summed E-state index contributed by atoms with van der Waals surface area (Å²) in [5.74, 6) is 0. The molecule has 0 aromatic heterocycles. The average molecular weight is 108 g/mol. The highest BCUT2D eigenvalue weighted by molar-refractivity contribution is 4.30. The van der Waals surface area contributed by atoms with Gasteiger partial charge in [0.15, 0.2) is 6.29 Å². The Hall–Kier alpha value is -0.120. The van der Waals surface area contributed by atoms with Crippen LogP contribution in [-0.4, -0.2) is 32.2 Å². The minimum atomic E-state index is -2.43. The molecule has 0 saturated carbocycles. The van der Waals surface area contributed by atoms with Gasteiger partial charge in [0.2, 0.25) is 0 Å². The fraction of sp³-hybridized carbons (Fsp3) is 1.00. The second-order valence-corrected chi connectivity index (χ2v) is 0.932. The summed E-state index contributed by atoms with van der Waals surface area (Å²) in [5, 5.41) is 8.56. The van der Waals surface area contributed by atoms with E-state index in [-0.39, 0.29) is 0 Å². The van der Waals surface area contributed by atoms with Crippen LogP contribution in [0.3, 0.4) is 0 Å². The van der Waals surface area contributed by atoms with Crippen LogP contribution >= 0.6 is 0 Å². The van der Waals surface area contributed by atoms with Crippen LogP contribution in [0.25, 0.3) is 0 Å². The lowest BCUT2D eigenvalue weighted by atomic mass is 10.7. The molecule has 3 heteroatoms. The van der Waals surface area contributed by atoms with E-state index < -0.39 is 12.8 Å². The predicted octanol–water partition coefficient (Wildman–Crippen LogP) is -0.402. The van der Waals surface area contributed by atoms with Crippen molar-refractivity contribution in [2.75, 3.05) is 20.8 Å². The minimum absolute atomic E-state index is 1.21. The number of hydrogen-bond donors (Lipinski definition) is 1. The Morgan fingerprint density at radius 3 is 2.14 bits per heavy atom. The highest BCUT2D eigenvalue weighted by Crippen LogP contribution is 1.84. The number of aliphatic hydroxyl groups is 1. The topological polar surface area (TPSA) is 38.7 Å². The van der Waals surface area contributed by atoms with Crippen molar-refractivity contribution in [3.63, 3.8) is 0 Å². The second kappa shape index (κ2) is 4.05. The number of methoxy groups -OCH3 is 2. The van der Waals surface area contributed by atoms with E-state index in [1.54, 1.807) is 0 Å². The van der Waals surface area contributed by atoms with Crippen molar-refractivity contribution >= 4 is 0 Å². The fourth-order valence-electron chi connectivity index (χ4n) is 0.202. The standard InChI is InChI=1S/C4H10O3/c1-6-4(3-5)7-2/h4-5H,3H2,1-2H3/i3D2. The third-order valence-corrected chi connectivity index (χ3v) is 0.534. The van der Waals surface area contributed by atoms with Gasteiger partial charge in [-0.1, -0.05) is 0 Å². The van der Waals surface area contributed by atoms with Crippen molar-refractivity contribution in [3.8, 4) is 0 Å². The van der Waals surface area contributed by atoms with Crippen molar-refractivity contribution in [3.05, 3.63) is 0 Å². The zero-order chi connectivity index (χ0) is 7.49. The van der Waals surface area contributed by atoms with Crippen LogP contribution in [-0.2, 0) is 9.47 Å². The first-order valence-corrected chi connectivity index (χ1v) is 1.80. The summed E-state index contributed by atoms with van der Waals surface area (Å²) >= 11 is 0. The molecule has 0 aliphatic heterocycles. The molecule has 0 fully saturated rings. The van der Waals surface area contributed by atoms with Gasteiger partial charge >= 0.3 is 0 Å². The van der Waals surface area contributed by atoms with Crippen molar-refractivity contribution in [2.45, 2.75) is 6.29 Å². The zero-order valence-corrected chi connectivity index (χ0v) is 4.34. The summed E-state index contributed by atoms with van der Waals surface area (Å²) in [7, 11) is 2.50. The molecule has 0 atom stereocenters.